The SMILES string of the molecule is CN(CC(=O)NC(C)(C)C)Cc1cccc2ccccc12. The molecular formula is C18H24N2O. The number of rotatable bonds is 4. The van der Waals surface area contributed by atoms with Gasteiger partial charge in [0.15, 0.2) is 0 Å². The lowest BCUT2D eigenvalue weighted by molar-refractivity contribution is -0.123. The van der Waals surface area contributed by atoms with E-state index in [-0.39, 0.29) is 11.4 Å². The van der Waals surface area contributed by atoms with Crippen molar-refractivity contribution in [3.05, 3.63) is 48.0 Å². The molecule has 0 bridgehead atoms. The number of fused-ring (bicyclic) bond motifs is 1. The van der Waals surface area contributed by atoms with E-state index in [4.69, 9.17) is 0 Å². The van der Waals surface area contributed by atoms with Gasteiger partial charge in [0.05, 0.1) is 6.54 Å². The number of carbonyl (C=O) groups is 1. The highest BCUT2D eigenvalue weighted by Crippen LogP contribution is 2.19. The van der Waals surface area contributed by atoms with Gasteiger partial charge in [-0.15, -0.1) is 0 Å². The molecule has 0 unspecified atom stereocenters. The zero-order valence-electron chi connectivity index (χ0n) is 13.3. The summed E-state index contributed by atoms with van der Waals surface area (Å²) in [7, 11) is 1.98. The molecule has 2 rings (SSSR count). The number of carbonyl (C=O) groups excluding carboxylic acids is 1. The summed E-state index contributed by atoms with van der Waals surface area (Å²) < 4.78 is 0. The predicted octanol–water partition coefficient (Wildman–Crippen LogP) is 3.19. The molecule has 0 radical (unpaired) electrons. The van der Waals surface area contributed by atoms with Gasteiger partial charge >= 0.3 is 0 Å². The highest BCUT2D eigenvalue weighted by atomic mass is 16.2. The van der Waals surface area contributed by atoms with Gasteiger partial charge in [-0.1, -0.05) is 42.5 Å². The highest BCUT2D eigenvalue weighted by molar-refractivity contribution is 5.85. The van der Waals surface area contributed by atoms with Crippen LogP contribution in [0.4, 0.5) is 0 Å². The van der Waals surface area contributed by atoms with Crippen molar-refractivity contribution in [1.82, 2.24) is 10.2 Å². The smallest absolute Gasteiger partial charge is 0.234 e. The van der Waals surface area contributed by atoms with E-state index in [0.29, 0.717) is 6.54 Å². The summed E-state index contributed by atoms with van der Waals surface area (Å²) in [6.45, 7) is 7.15. The summed E-state index contributed by atoms with van der Waals surface area (Å²) in [5.41, 5.74) is 1.07. The Morgan fingerprint density at radius 3 is 2.48 bits per heavy atom. The minimum Gasteiger partial charge on any atom is -0.350 e. The molecule has 1 N–H and O–H groups in total. The lowest BCUT2D eigenvalue weighted by atomic mass is 10.0. The van der Waals surface area contributed by atoms with Crippen LogP contribution in [0.5, 0.6) is 0 Å². The Morgan fingerprint density at radius 1 is 1.10 bits per heavy atom. The second-order valence-corrected chi connectivity index (χ2v) is 6.61. The summed E-state index contributed by atoms with van der Waals surface area (Å²) in [5.74, 6) is 0.0604. The maximum absolute atomic E-state index is 12.0. The van der Waals surface area contributed by atoms with Crippen molar-refractivity contribution < 1.29 is 4.79 Å². The molecule has 0 aliphatic rings. The van der Waals surface area contributed by atoms with Crippen molar-refractivity contribution in [3.8, 4) is 0 Å². The fourth-order valence-electron chi connectivity index (χ4n) is 2.48. The Labute approximate surface area is 127 Å². The first-order valence-corrected chi connectivity index (χ1v) is 7.31. The molecule has 3 heteroatoms. The number of amides is 1. The highest BCUT2D eigenvalue weighted by Gasteiger charge is 2.15. The van der Waals surface area contributed by atoms with Gasteiger partial charge in [0, 0.05) is 12.1 Å². The minimum atomic E-state index is -0.183. The largest absolute Gasteiger partial charge is 0.350 e. The molecule has 2 aromatic carbocycles. The Balaban J connectivity index is 2.05. The first-order valence-electron chi connectivity index (χ1n) is 7.31. The number of likely N-dealkylation sites (N-methyl/N-ethyl adjacent to an activating group) is 1. The van der Waals surface area contributed by atoms with Gasteiger partial charge in [-0.2, -0.15) is 0 Å². The summed E-state index contributed by atoms with van der Waals surface area (Å²) in [5, 5.41) is 5.48. The number of benzene rings is 2. The van der Waals surface area contributed by atoms with Crippen LogP contribution in [0.2, 0.25) is 0 Å². The van der Waals surface area contributed by atoms with Gasteiger partial charge in [0.1, 0.15) is 0 Å². The molecule has 0 saturated carbocycles. The van der Waals surface area contributed by atoms with Gasteiger partial charge in [0.2, 0.25) is 5.91 Å². The number of nitrogens with one attached hydrogen (secondary N) is 1. The Bertz CT molecular complexity index is 623. The summed E-state index contributed by atoms with van der Waals surface area (Å²) in [6.07, 6.45) is 0. The molecular weight excluding hydrogens is 260 g/mol. The molecule has 0 aliphatic heterocycles. The van der Waals surface area contributed by atoms with Gasteiger partial charge in [-0.05, 0) is 44.2 Å². The molecule has 3 nitrogen and oxygen atoms in total. The topological polar surface area (TPSA) is 32.3 Å². The second-order valence-electron chi connectivity index (χ2n) is 6.61. The maximum atomic E-state index is 12.0. The van der Waals surface area contributed by atoms with E-state index in [0.717, 1.165) is 6.54 Å². The zero-order chi connectivity index (χ0) is 15.5. The van der Waals surface area contributed by atoms with Crippen molar-refractivity contribution in [2.24, 2.45) is 0 Å². The lowest BCUT2D eigenvalue weighted by Gasteiger charge is -2.23. The van der Waals surface area contributed by atoms with E-state index in [9.17, 15) is 4.79 Å². The predicted molar refractivity (Wildman–Crippen MR) is 88.2 cm³/mol. The lowest BCUT2D eigenvalue weighted by Crippen LogP contribution is -2.45. The van der Waals surface area contributed by atoms with Crippen molar-refractivity contribution in [1.29, 1.82) is 0 Å². The zero-order valence-corrected chi connectivity index (χ0v) is 13.3. The van der Waals surface area contributed by atoms with Crippen molar-refractivity contribution in [2.75, 3.05) is 13.6 Å². The Kier molecular flexibility index (Phi) is 4.63. The molecule has 0 aromatic heterocycles. The summed E-state index contributed by atoms with van der Waals surface area (Å²) >= 11 is 0. The maximum Gasteiger partial charge on any atom is 0.234 e. The third-order valence-electron chi connectivity index (χ3n) is 3.25. The molecule has 0 atom stereocenters. The first-order chi connectivity index (χ1) is 9.85. The van der Waals surface area contributed by atoms with Crippen LogP contribution in [0.25, 0.3) is 10.8 Å². The van der Waals surface area contributed by atoms with Crippen LogP contribution in [-0.4, -0.2) is 29.9 Å². The molecule has 0 spiro atoms. The van der Waals surface area contributed by atoms with Gasteiger partial charge in [-0.25, -0.2) is 0 Å². The van der Waals surface area contributed by atoms with Crippen LogP contribution in [-0.2, 0) is 11.3 Å². The van der Waals surface area contributed by atoms with Crippen LogP contribution >= 0.6 is 0 Å². The van der Waals surface area contributed by atoms with Crippen molar-refractivity contribution in [2.45, 2.75) is 32.9 Å². The van der Waals surface area contributed by atoms with Gasteiger partial charge < -0.3 is 5.32 Å². The van der Waals surface area contributed by atoms with Crippen LogP contribution in [0.15, 0.2) is 42.5 Å². The molecule has 0 aliphatic carbocycles. The molecule has 2 aromatic rings. The number of hydrogen-bond donors (Lipinski definition) is 1. The van der Waals surface area contributed by atoms with E-state index < -0.39 is 0 Å². The van der Waals surface area contributed by atoms with Crippen LogP contribution in [0.1, 0.15) is 26.3 Å². The standard InChI is InChI=1S/C18H24N2O/c1-18(2,3)19-17(21)13-20(4)12-15-10-7-9-14-8-5-6-11-16(14)15/h5-11H,12-13H2,1-4H3,(H,19,21). The normalized spacial score (nSPS) is 11.9. The first kappa shape index (κ1) is 15.5. The summed E-state index contributed by atoms with van der Waals surface area (Å²) in [4.78, 5) is 14.0. The molecule has 0 saturated heterocycles. The van der Waals surface area contributed by atoms with E-state index in [1.165, 1.54) is 16.3 Å². The van der Waals surface area contributed by atoms with Crippen molar-refractivity contribution >= 4 is 16.7 Å². The number of hydrogen-bond acceptors (Lipinski definition) is 2. The number of nitrogens with zero attached hydrogens (tertiary/aromatic N) is 1. The minimum absolute atomic E-state index is 0.0604. The van der Waals surface area contributed by atoms with Crippen LogP contribution in [0, 0.1) is 0 Å². The molecule has 1 amide bonds. The molecule has 0 fully saturated rings. The van der Waals surface area contributed by atoms with Crippen LogP contribution < -0.4 is 5.32 Å². The summed E-state index contributed by atoms with van der Waals surface area (Å²) in [6, 6.07) is 14.7. The van der Waals surface area contributed by atoms with Crippen LogP contribution in [0.3, 0.4) is 0 Å². The molecule has 0 heterocycles. The van der Waals surface area contributed by atoms with Gasteiger partial charge in [0.25, 0.3) is 0 Å². The third-order valence-corrected chi connectivity index (χ3v) is 3.25. The Hall–Kier alpha value is -1.87. The van der Waals surface area contributed by atoms with Crippen molar-refractivity contribution in [3.63, 3.8) is 0 Å². The fourth-order valence-corrected chi connectivity index (χ4v) is 2.48. The van der Waals surface area contributed by atoms with E-state index in [2.05, 4.69) is 41.7 Å². The monoisotopic (exact) mass is 284 g/mol. The molecule has 112 valence electrons. The Morgan fingerprint density at radius 2 is 1.76 bits per heavy atom. The average Bonchev–Trinajstić information content (AvgIpc) is 2.36. The molecule has 21 heavy (non-hydrogen) atoms. The van der Waals surface area contributed by atoms with E-state index in [1.807, 2.05) is 38.8 Å². The van der Waals surface area contributed by atoms with E-state index >= 15 is 0 Å². The van der Waals surface area contributed by atoms with E-state index in [1.54, 1.807) is 0 Å². The second kappa shape index (κ2) is 6.27. The third kappa shape index (κ3) is 4.57. The van der Waals surface area contributed by atoms with Gasteiger partial charge in [-0.3, -0.25) is 9.69 Å². The quantitative estimate of drug-likeness (QED) is 0.935. The average molecular weight is 284 g/mol. The fraction of sp³-hybridized carbons (Fsp3) is 0.389.